The molecule has 1 atom stereocenters. The number of halogens is 2. The summed E-state index contributed by atoms with van der Waals surface area (Å²) < 4.78 is 5.43. The number of likely N-dealkylation sites (N-methyl/N-ethyl adjacent to an activating group) is 1. The molecule has 2 rings (SSSR count). The molecule has 112 valence electrons. The van der Waals surface area contributed by atoms with Gasteiger partial charge in [-0.25, -0.2) is 0 Å². The van der Waals surface area contributed by atoms with E-state index in [1.54, 1.807) is 13.2 Å². The van der Waals surface area contributed by atoms with E-state index in [-0.39, 0.29) is 6.04 Å². The van der Waals surface area contributed by atoms with Gasteiger partial charge in [-0.3, -0.25) is 0 Å². The third-order valence-electron chi connectivity index (χ3n) is 3.35. The average molecular weight is 324 g/mol. The van der Waals surface area contributed by atoms with Gasteiger partial charge in [0.15, 0.2) is 0 Å². The summed E-state index contributed by atoms with van der Waals surface area (Å²) in [5, 5.41) is 4.79. The van der Waals surface area contributed by atoms with E-state index in [1.165, 1.54) is 0 Å². The molecule has 0 saturated heterocycles. The Morgan fingerprint density at radius 1 is 1.10 bits per heavy atom. The van der Waals surface area contributed by atoms with E-state index in [2.05, 4.69) is 18.3 Å². The van der Waals surface area contributed by atoms with Crippen molar-refractivity contribution in [3.8, 4) is 5.75 Å². The van der Waals surface area contributed by atoms with Crippen LogP contribution in [0, 0.1) is 0 Å². The molecule has 4 heteroatoms. The lowest BCUT2D eigenvalue weighted by Gasteiger charge is -2.20. The van der Waals surface area contributed by atoms with Gasteiger partial charge < -0.3 is 10.1 Å². The van der Waals surface area contributed by atoms with Gasteiger partial charge in [0, 0.05) is 16.1 Å². The third-order valence-corrected chi connectivity index (χ3v) is 3.79. The summed E-state index contributed by atoms with van der Waals surface area (Å²) in [7, 11) is 1.69. The van der Waals surface area contributed by atoms with Crippen molar-refractivity contribution in [2.75, 3.05) is 13.7 Å². The average Bonchev–Trinajstić information content (AvgIpc) is 2.46. The number of ether oxygens (including phenoxy) is 1. The number of hydrogen-bond acceptors (Lipinski definition) is 2. The van der Waals surface area contributed by atoms with Crippen molar-refractivity contribution in [1.29, 1.82) is 0 Å². The highest BCUT2D eigenvalue weighted by Gasteiger charge is 2.15. The molecule has 2 aromatic carbocycles. The fourth-order valence-electron chi connectivity index (χ4n) is 2.42. The first-order chi connectivity index (χ1) is 10.1. The number of hydrogen-bond donors (Lipinski definition) is 1. The lowest BCUT2D eigenvalue weighted by atomic mass is 9.98. The van der Waals surface area contributed by atoms with E-state index in [0.717, 1.165) is 29.8 Å². The normalized spacial score (nSPS) is 12.2. The van der Waals surface area contributed by atoms with Gasteiger partial charge in [0.1, 0.15) is 5.75 Å². The van der Waals surface area contributed by atoms with Gasteiger partial charge in [-0.2, -0.15) is 0 Å². The maximum absolute atomic E-state index is 6.12. The number of nitrogens with one attached hydrogen (secondary N) is 1. The molecule has 0 bridgehead atoms. The Hall–Kier alpha value is -1.22. The summed E-state index contributed by atoms with van der Waals surface area (Å²) >= 11 is 12.2. The molecule has 2 aromatic rings. The van der Waals surface area contributed by atoms with Crippen LogP contribution >= 0.6 is 23.2 Å². The predicted octanol–water partition coefficient (Wildman–Crippen LogP) is 4.90. The molecular formula is C17H19Cl2NO. The zero-order valence-corrected chi connectivity index (χ0v) is 13.7. The number of para-hydroxylation sites is 1. The molecule has 21 heavy (non-hydrogen) atoms. The predicted molar refractivity (Wildman–Crippen MR) is 89.6 cm³/mol. The van der Waals surface area contributed by atoms with Gasteiger partial charge in [-0.05, 0) is 48.4 Å². The largest absolute Gasteiger partial charge is 0.496 e. The minimum Gasteiger partial charge on any atom is -0.496 e. The fraction of sp³-hybridized carbons (Fsp3) is 0.294. The Bertz CT molecular complexity index is 581. The lowest BCUT2D eigenvalue weighted by molar-refractivity contribution is 0.405. The molecule has 2 nitrogen and oxygen atoms in total. The van der Waals surface area contributed by atoms with Crippen LogP contribution in [0.4, 0.5) is 0 Å². The number of benzene rings is 2. The molecule has 0 fully saturated rings. The van der Waals surface area contributed by atoms with Crippen LogP contribution in [-0.2, 0) is 6.42 Å². The monoisotopic (exact) mass is 323 g/mol. The van der Waals surface area contributed by atoms with Crippen molar-refractivity contribution in [1.82, 2.24) is 5.32 Å². The molecule has 0 aromatic heterocycles. The lowest BCUT2D eigenvalue weighted by Crippen LogP contribution is -2.23. The van der Waals surface area contributed by atoms with Crippen LogP contribution in [0.3, 0.4) is 0 Å². The van der Waals surface area contributed by atoms with Crippen LogP contribution in [0.1, 0.15) is 24.1 Å². The Labute approximate surface area is 136 Å². The molecular weight excluding hydrogens is 305 g/mol. The molecule has 0 aliphatic rings. The SMILES string of the molecule is CCNC(Cc1ccccc1OC)c1cc(Cl)cc(Cl)c1. The molecule has 1 unspecified atom stereocenters. The van der Waals surface area contributed by atoms with Crippen molar-refractivity contribution >= 4 is 23.2 Å². The minimum atomic E-state index is 0.141. The van der Waals surface area contributed by atoms with E-state index in [0.29, 0.717) is 10.0 Å². The molecule has 0 spiro atoms. The van der Waals surface area contributed by atoms with Crippen LogP contribution in [0.5, 0.6) is 5.75 Å². The smallest absolute Gasteiger partial charge is 0.122 e. The van der Waals surface area contributed by atoms with E-state index < -0.39 is 0 Å². The standard InChI is InChI=1S/C17H19Cl2NO/c1-3-20-16(13-8-14(18)11-15(19)9-13)10-12-6-4-5-7-17(12)21-2/h4-9,11,16,20H,3,10H2,1-2H3. The quantitative estimate of drug-likeness (QED) is 0.816. The molecule has 0 amide bonds. The summed E-state index contributed by atoms with van der Waals surface area (Å²) in [5.41, 5.74) is 2.24. The molecule has 0 heterocycles. The second-order valence-electron chi connectivity index (χ2n) is 4.83. The first-order valence-electron chi connectivity index (χ1n) is 6.95. The highest BCUT2D eigenvalue weighted by atomic mass is 35.5. The fourth-order valence-corrected chi connectivity index (χ4v) is 2.97. The Morgan fingerprint density at radius 2 is 1.76 bits per heavy atom. The molecule has 0 saturated carbocycles. The van der Waals surface area contributed by atoms with E-state index in [1.807, 2.05) is 30.3 Å². The van der Waals surface area contributed by atoms with Crippen molar-refractivity contribution < 1.29 is 4.74 Å². The summed E-state index contributed by atoms with van der Waals surface area (Å²) in [6.07, 6.45) is 0.814. The molecule has 0 aliphatic carbocycles. The Kier molecular flexibility index (Phi) is 5.92. The highest BCUT2D eigenvalue weighted by molar-refractivity contribution is 6.34. The minimum absolute atomic E-state index is 0.141. The van der Waals surface area contributed by atoms with E-state index in [4.69, 9.17) is 27.9 Å². The van der Waals surface area contributed by atoms with E-state index in [9.17, 15) is 0 Å². The van der Waals surface area contributed by atoms with Gasteiger partial charge in [0.2, 0.25) is 0 Å². The van der Waals surface area contributed by atoms with Gasteiger partial charge in [-0.1, -0.05) is 48.3 Å². The van der Waals surface area contributed by atoms with Crippen LogP contribution < -0.4 is 10.1 Å². The second kappa shape index (κ2) is 7.69. The van der Waals surface area contributed by atoms with Crippen LogP contribution in [0.25, 0.3) is 0 Å². The summed E-state index contributed by atoms with van der Waals surface area (Å²) in [6.45, 7) is 2.95. The summed E-state index contributed by atoms with van der Waals surface area (Å²) in [5.74, 6) is 0.897. The van der Waals surface area contributed by atoms with Crippen LogP contribution in [0.2, 0.25) is 10.0 Å². The van der Waals surface area contributed by atoms with Gasteiger partial charge in [-0.15, -0.1) is 0 Å². The zero-order valence-electron chi connectivity index (χ0n) is 12.2. The summed E-state index contributed by atoms with van der Waals surface area (Å²) in [4.78, 5) is 0. The Balaban J connectivity index is 2.30. The maximum Gasteiger partial charge on any atom is 0.122 e. The number of methoxy groups -OCH3 is 1. The van der Waals surface area contributed by atoms with Gasteiger partial charge >= 0.3 is 0 Å². The highest BCUT2D eigenvalue weighted by Crippen LogP contribution is 2.28. The van der Waals surface area contributed by atoms with Crippen molar-refractivity contribution in [3.05, 3.63) is 63.6 Å². The summed E-state index contributed by atoms with van der Waals surface area (Å²) in [6, 6.07) is 13.8. The molecule has 0 radical (unpaired) electrons. The van der Waals surface area contributed by atoms with Crippen molar-refractivity contribution in [3.63, 3.8) is 0 Å². The van der Waals surface area contributed by atoms with E-state index >= 15 is 0 Å². The van der Waals surface area contributed by atoms with Gasteiger partial charge in [0.25, 0.3) is 0 Å². The van der Waals surface area contributed by atoms with Crippen molar-refractivity contribution in [2.24, 2.45) is 0 Å². The molecule has 0 aliphatic heterocycles. The Morgan fingerprint density at radius 3 is 2.38 bits per heavy atom. The van der Waals surface area contributed by atoms with Crippen LogP contribution in [-0.4, -0.2) is 13.7 Å². The molecule has 1 N–H and O–H groups in total. The second-order valence-corrected chi connectivity index (χ2v) is 5.70. The van der Waals surface area contributed by atoms with Crippen molar-refractivity contribution in [2.45, 2.75) is 19.4 Å². The van der Waals surface area contributed by atoms with Gasteiger partial charge in [0.05, 0.1) is 7.11 Å². The maximum atomic E-state index is 6.12. The third kappa shape index (κ3) is 4.37. The first-order valence-corrected chi connectivity index (χ1v) is 7.71. The first kappa shape index (κ1) is 16.2. The van der Waals surface area contributed by atoms with Crippen LogP contribution in [0.15, 0.2) is 42.5 Å². The zero-order chi connectivity index (χ0) is 15.2. The topological polar surface area (TPSA) is 21.3 Å². The number of rotatable bonds is 6.